The Balaban J connectivity index is 0.000000161. The van der Waals surface area contributed by atoms with Crippen LogP contribution in [0.1, 0.15) is 35.6 Å². The number of esters is 1. The summed E-state index contributed by atoms with van der Waals surface area (Å²) in [4.78, 5) is 10.1. The summed E-state index contributed by atoms with van der Waals surface area (Å²) in [6, 6.07) is 37.9. The third-order valence-electron chi connectivity index (χ3n) is 5.39. The molecule has 0 radical (unpaired) electrons. The highest BCUT2D eigenvalue weighted by Gasteiger charge is 2.31. The molecule has 4 aromatic carbocycles. The van der Waals surface area contributed by atoms with Gasteiger partial charge in [0.25, 0.3) is 0 Å². The topological polar surface area (TPSA) is 66.8 Å². The number of aromatic hydroxyl groups is 1. The summed E-state index contributed by atoms with van der Waals surface area (Å²) in [6.07, 6.45) is 7.88. The molecule has 2 atom stereocenters. The minimum absolute atomic E-state index is 0.212. The molecule has 0 amide bonds. The van der Waals surface area contributed by atoms with Gasteiger partial charge in [-0.1, -0.05) is 127 Å². The molecule has 1 aliphatic heterocycles. The summed E-state index contributed by atoms with van der Waals surface area (Å²) in [5.41, 5.74) is 4.62. The van der Waals surface area contributed by atoms with E-state index in [1.165, 1.54) is 11.1 Å². The molecule has 5 rings (SSSR count). The van der Waals surface area contributed by atoms with Gasteiger partial charge in [0.1, 0.15) is 11.9 Å². The number of rotatable bonds is 5. The maximum absolute atomic E-state index is 10.1. The van der Waals surface area contributed by atoms with Gasteiger partial charge in [0.2, 0.25) is 0 Å². The molecule has 37 heavy (non-hydrogen) atoms. The molecule has 188 valence electrons. The number of phenols is 1. The van der Waals surface area contributed by atoms with Crippen LogP contribution in [0.2, 0.25) is 0 Å². The van der Waals surface area contributed by atoms with E-state index in [4.69, 9.17) is 5.11 Å². The lowest BCUT2D eigenvalue weighted by molar-refractivity contribution is -0.179. The molecule has 4 aromatic rings. The Morgan fingerprint density at radius 3 is 1.38 bits per heavy atom. The van der Waals surface area contributed by atoms with E-state index in [1.54, 1.807) is 19.1 Å². The second-order valence-electron chi connectivity index (χ2n) is 8.47. The normalized spacial score (nSPS) is 15.0. The zero-order chi connectivity index (χ0) is 26.3. The molecule has 4 heteroatoms. The average molecular weight is 493 g/mol. The van der Waals surface area contributed by atoms with Crippen molar-refractivity contribution in [3.8, 4) is 5.75 Å². The van der Waals surface area contributed by atoms with Crippen LogP contribution in [0.4, 0.5) is 0 Å². The second kappa shape index (κ2) is 14.9. The minimum Gasteiger partial charge on any atom is -0.508 e. The number of cyclic esters (lactones) is 1. The number of aliphatic hydroxyl groups is 1. The predicted molar refractivity (Wildman–Crippen MR) is 151 cm³/mol. The van der Waals surface area contributed by atoms with Crippen LogP contribution in [0.3, 0.4) is 0 Å². The third-order valence-corrected chi connectivity index (χ3v) is 5.39. The SMILES string of the molecule is C(=Cc1ccccc1)c1ccccc1.CC(O)C1CC(=O)O1.Oc1cccc(C=Cc2ccccc2)c1. The van der Waals surface area contributed by atoms with Crippen LogP contribution in [0.5, 0.6) is 5.75 Å². The fourth-order valence-corrected chi connectivity index (χ4v) is 3.30. The number of hydrogen-bond acceptors (Lipinski definition) is 4. The van der Waals surface area contributed by atoms with Crippen LogP contribution in [0.25, 0.3) is 24.3 Å². The van der Waals surface area contributed by atoms with Gasteiger partial charge in [0.15, 0.2) is 0 Å². The first-order valence-electron chi connectivity index (χ1n) is 12.2. The van der Waals surface area contributed by atoms with Crippen LogP contribution in [-0.2, 0) is 9.53 Å². The maximum Gasteiger partial charge on any atom is 0.310 e. The summed E-state index contributed by atoms with van der Waals surface area (Å²) in [5, 5.41) is 18.0. The van der Waals surface area contributed by atoms with Gasteiger partial charge >= 0.3 is 5.97 Å². The highest BCUT2D eigenvalue weighted by atomic mass is 16.6. The monoisotopic (exact) mass is 492 g/mol. The molecule has 4 nitrogen and oxygen atoms in total. The Hall–Kier alpha value is -4.41. The molecule has 1 fully saturated rings. The van der Waals surface area contributed by atoms with Gasteiger partial charge in [-0.15, -0.1) is 0 Å². The summed E-state index contributed by atoms with van der Waals surface area (Å²) < 4.78 is 4.51. The summed E-state index contributed by atoms with van der Waals surface area (Å²) in [7, 11) is 0. The standard InChI is InChI=1S/C14H12O.C14H12.C5H8O3/c15-14-8-4-7-13(11-14)10-9-12-5-2-1-3-6-12;1-3-7-13(8-4-1)11-12-14-9-5-2-6-10-14;1-3(6)4-2-5(7)8-4/h1-11,15H;1-12H;3-4,6H,2H2,1H3. The Bertz CT molecular complexity index is 1210. The van der Waals surface area contributed by atoms with Gasteiger partial charge in [-0.3, -0.25) is 4.79 Å². The molecule has 0 bridgehead atoms. The van der Waals surface area contributed by atoms with Crippen LogP contribution in [0, 0.1) is 0 Å². The third kappa shape index (κ3) is 10.4. The van der Waals surface area contributed by atoms with E-state index < -0.39 is 6.10 Å². The van der Waals surface area contributed by atoms with Gasteiger partial charge in [-0.25, -0.2) is 0 Å². The summed E-state index contributed by atoms with van der Waals surface area (Å²) in [5.74, 6) is 0.0844. The molecule has 1 heterocycles. The zero-order valence-electron chi connectivity index (χ0n) is 20.9. The molecule has 2 unspecified atom stereocenters. The lowest BCUT2D eigenvalue weighted by atomic mass is 10.1. The fourth-order valence-electron chi connectivity index (χ4n) is 3.30. The Morgan fingerprint density at radius 1 is 0.676 bits per heavy atom. The lowest BCUT2D eigenvalue weighted by Crippen LogP contribution is -2.40. The van der Waals surface area contributed by atoms with Gasteiger partial charge in [0.05, 0.1) is 12.5 Å². The number of phenolic OH excluding ortho intramolecular Hbond substituents is 1. The van der Waals surface area contributed by atoms with E-state index in [9.17, 15) is 9.90 Å². The maximum atomic E-state index is 10.1. The van der Waals surface area contributed by atoms with Crippen molar-refractivity contribution in [2.45, 2.75) is 25.6 Å². The number of benzene rings is 4. The first-order chi connectivity index (χ1) is 18.0. The number of hydrogen-bond donors (Lipinski definition) is 2. The molecule has 2 N–H and O–H groups in total. The smallest absolute Gasteiger partial charge is 0.310 e. The fraction of sp³-hybridized carbons (Fsp3) is 0.121. The number of aliphatic hydroxyl groups excluding tert-OH is 1. The number of carbonyl (C=O) groups excluding carboxylic acids is 1. The van der Waals surface area contributed by atoms with Crippen molar-refractivity contribution in [1.29, 1.82) is 0 Å². The van der Waals surface area contributed by atoms with Crippen molar-refractivity contribution < 1.29 is 19.7 Å². The molecule has 0 saturated carbocycles. The van der Waals surface area contributed by atoms with E-state index >= 15 is 0 Å². The number of ether oxygens (including phenoxy) is 1. The van der Waals surface area contributed by atoms with E-state index in [2.05, 4.69) is 41.2 Å². The highest BCUT2D eigenvalue weighted by molar-refractivity contribution is 5.75. The first-order valence-corrected chi connectivity index (χ1v) is 12.2. The van der Waals surface area contributed by atoms with E-state index in [0.29, 0.717) is 12.2 Å². The number of carbonyl (C=O) groups is 1. The lowest BCUT2D eigenvalue weighted by Gasteiger charge is -2.27. The second-order valence-corrected chi connectivity index (χ2v) is 8.47. The molecule has 1 saturated heterocycles. The minimum atomic E-state index is -0.507. The van der Waals surface area contributed by atoms with Crippen LogP contribution in [-0.4, -0.2) is 28.4 Å². The highest BCUT2D eigenvalue weighted by Crippen LogP contribution is 2.16. The summed E-state index contributed by atoms with van der Waals surface area (Å²) >= 11 is 0. The van der Waals surface area contributed by atoms with Gasteiger partial charge in [-0.2, -0.15) is 0 Å². The Labute approximate surface area is 218 Å². The Morgan fingerprint density at radius 2 is 1.05 bits per heavy atom. The van der Waals surface area contributed by atoms with E-state index in [0.717, 1.165) is 11.1 Å². The largest absolute Gasteiger partial charge is 0.508 e. The molecule has 0 aliphatic carbocycles. The van der Waals surface area contributed by atoms with Crippen molar-refractivity contribution in [2.75, 3.05) is 0 Å². The van der Waals surface area contributed by atoms with E-state index in [-0.39, 0.29) is 12.1 Å². The van der Waals surface area contributed by atoms with Gasteiger partial charge < -0.3 is 14.9 Å². The molecule has 1 aliphatic rings. The van der Waals surface area contributed by atoms with E-state index in [1.807, 2.05) is 91.0 Å². The van der Waals surface area contributed by atoms with Crippen LogP contribution < -0.4 is 0 Å². The zero-order valence-corrected chi connectivity index (χ0v) is 20.9. The Kier molecular flexibility index (Phi) is 10.9. The van der Waals surface area contributed by atoms with Crippen molar-refractivity contribution in [1.82, 2.24) is 0 Å². The molecular formula is C33H32O4. The van der Waals surface area contributed by atoms with Crippen molar-refractivity contribution in [2.24, 2.45) is 0 Å². The summed E-state index contributed by atoms with van der Waals surface area (Å²) in [6.45, 7) is 1.61. The quantitative estimate of drug-likeness (QED) is 0.230. The van der Waals surface area contributed by atoms with Crippen LogP contribution >= 0.6 is 0 Å². The predicted octanol–water partition coefficient (Wildman–Crippen LogP) is 7.10. The van der Waals surface area contributed by atoms with Crippen LogP contribution in [0.15, 0.2) is 115 Å². The van der Waals surface area contributed by atoms with Crippen molar-refractivity contribution >= 4 is 30.3 Å². The molecular weight excluding hydrogens is 460 g/mol. The van der Waals surface area contributed by atoms with Gasteiger partial charge in [-0.05, 0) is 41.3 Å². The average Bonchev–Trinajstić information content (AvgIpc) is 2.91. The van der Waals surface area contributed by atoms with Crippen molar-refractivity contribution in [3.63, 3.8) is 0 Å². The van der Waals surface area contributed by atoms with Crippen molar-refractivity contribution in [3.05, 3.63) is 138 Å². The molecule has 0 aromatic heterocycles. The molecule has 0 spiro atoms. The first kappa shape index (κ1) is 27.2. The van der Waals surface area contributed by atoms with Gasteiger partial charge in [0, 0.05) is 0 Å².